The van der Waals surface area contributed by atoms with Crippen LogP contribution in [0.5, 0.6) is 0 Å². The molecule has 0 amide bonds. The molecule has 0 aromatic carbocycles. The molecule has 0 radical (unpaired) electrons. The monoisotopic (exact) mass is 347 g/mol. The molecule has 25 heavy (non-hydrogen) atoms. The lowest BCUT2D eigenvalue weighted by atomic mass is 9.44. The Morgan fingerprint density at radius 1 is 1.12 bits per heavy atom. The Hall–Kier alpha value is -1.06. The molecule has 140 valence electrons. The maximum absolute atomic E-state index is 11.1. The normalized spacial score (nSPS) is 50.8. The first kappa shape index (κ1) is 17.4. The van der Waals surface area contributed by atoms with Gasteiger partial charge in [0, 0.05) is 11.8 Å². The summed E-state index contributed by atoms with van der Waals surface area (Å²) in [7, 11) is 0. The number of carboxylic acids is 1. The molecule has 7 atom stereocenters. The third kappa shape index (κ3) is 2.54. The minimum Gasteiger partial charge on any atom is -0.481 e. The molecule has 4 nitrogen and oxygen atoms in total. The highest BCUT2D eigenvalue weighted by Gasteiger charge is 2.59. The van der Waals surface area contributed by atoms with Gasteiger partial charge >= 0.3 is 5.97 Å². The van der Waals surface area contributed by atoms with Crippen LogP contribution < -0.4 is 0 Å². The van der Waals surface area contributed by atoms with E-state index in [1.54, 1.807) is 0 Å². The Kier molecular flexibility index (Phi) is 4.16. The van der Waals surface area contributed by atoms with E-state index in [1.807, 2.05) is 0 Å². The van der Waals surface area contributed by atoms with Crippen LogP contribution in [0.3, 0.4) is 0 Å². The Bertz CT molecular complexity index is 588. The molecular formula is C21H33NO3. The summed E-state index contributed by atoms with van der Waals surface area (Å²) < 4.78 is 0. The number of hydrogen-bond donors (Lipinski definition) is 2. The fourth-order valence-electron chi connectivity index (χ4n) is 7.73. The average molecular weight is 347 g/mol. The Morgan fingerprint density at radius 2 is 1.92 bits per heavy atom. The van der Waals surface area contributed by atoms with Gasteiger partial charge in [-0.2, -0.15) is 0 Å². The predicted octanol–water partition coefficient (Wildman–Crippen LogP) is 4.95. The van der Waals surface area contributed by atoms with E-state index in [0.717, 1.165) is 36.8 Å². The van der Waals surface area contributed by atoms with Crippen LogP contribution in [0.1, 0.15) is 78.1 Å². The summed E-state index contributed by atoms with van der Waals surface area (Å²) in [5.74, 6) is 2.72. The van der Waals surface area contributed by atoms with E-state index in [0.29, 0.717) is 29.6 Å². The minimum atomic E-state index is -0.627. The summed E-state index contributed by atoms with van der Waals surface area (Å²) in [6.45, 7) is 4.86. The standard InChI is InChI=1S/C21H33NO3/c1-20-9-7-13(12-19(23)24)11-14(20)3-4-15-16-5-6-18(22-25)21(16,2)10-8-17(15)20/h13-17,25H,3-12H2,1-2H3,(H,23,24)/b22-18-/t13-,14+,15+,16+,17+,20+,21+/m1/s1. The highest BCUT2D eigenvalue weighted by atomic mass is 16.4. The van der Waals surface area contributed by atoms with Crippen molar-refractivity contribution in [3.05, 3.63) is 0 Å². The molecule has 0 bridgehead atoms. The Morgan fingerprint density at radius 3 is 2.64 bits per heavy atom. The summed E-state index contributed by atoms with van der Waals surface area (Å²) in [6, 6.07) is 0. The zero-order chi connectivity index (χ0) is 17.8. The number of fused-ring (bicyclic) bond motifs is 5. The van der Waals surface area contributed by atoms with Gasteiger partial charge in [-0.1, -0.05) is 19.0 Å². The van der Waals surface area contributed by atoms with Crippen molar-refractivity contribution in [3.8, 4) is 0 Å². The molecule has 4 aliphatic rings. The lowest BCUT2D eigenvalue weighted by Gasteiger charge is -2.60. The number of carbonyl (C=O) groups is 1. The molecule has 0 heterocycles. The van der Waals surface area contributed by atoms with Gasteiger partial charge in [-0.3, -0.25) is 4.79 Å². The second kappa shape index (κ2) is 5.99. The van der Waals surface area contributed by atoms with Gasteiger partial charge in [0.15, 0.2) is 0 Å². The highest BCUT2D eigenvalue weighted by molar-refractivity contribution is 5.91. The third-order valence-electron chi connectivity index (χ3n) is 9.10. The predicted molar refractivity (Wildman–Crippen MR) is 96.7 cm³/mol. The lowest BCUT2D eigenvalue weighted by molar-refractivity contribution is -0.140. The minimum absolute atomic E-state index is 0.125. The molecule has 0 aliphatic heterocycles. The molecular weight excluding hydrogens is 314 g/mol. The molecule has 4 aliphatic carbocycles. The van der Waals surface area contributed by atoms with Crippen LogP contribution >= 0.6 is 0 Å². The van der Waals surface area contributed by atoms with E-state index in [4.69, 9.17) is 5.11 Å². The van der Waals surface area contributed by atoms with Gasteiger partial charge in [-0.05, 0) is 92.8 Å². The molecule has 0 unspecified atom stereocenters. The zero-order valence-corrected chi connectivity index (χ0v) is 15.7. The van der Waals surface area contributed by atoms with Gasteiger partial charge < -0.3 is 10.3 Å². The van der Waals surface area contributed by atoms with Crippen LogP contribution in [0, 0.1) is 40.4 Å². The largest absolute Gasteiger partial charge is 0.481 e. The fourth-order valence-corrected chi connectivity index (χ4v) is 7.73. The Labute approximate surface area is 151 Å². The number of hydrogen-bond acceptors (Lipinski definition) is 3. The number of rotatable bonds is 2. The van der Waals surface area contributed by atoms with Gasteiger partial charge in [0.1, 0.15) is 0 Å². The SMILES string of the molecule is C[C@]12CC[C@@H](CC(=O)O)C[C@@H]1CC[C@@H]1[C@@H]2CC[C@]2(C)/C(=N\O)CC[C@@H]12. The second-order valence-electron chi connectivity index (χ2n) is 9.94. The van der Waals surface area contributed by atoms with Crippen molar-refractivity contribution in [2.75, 3.05) is 0 Å². The third-order valence-corrected chi connectivity index (χ3v) is 9.10. The molecule has 2 N–H and O–H groups in total. The quantitative estimate of drug-likeness (QED) is 0.548. The zero-order valence-electron chi connectivity index (χ0n) is 15.7. The highest BCUT2D eigenvalue weighted by Crippen LogP contribution is 2.66. The number of nitrogens with zero attached hydrogens (tertiary/aromatic N) is 1. The topological polar surface area (TPSA) is 69.9 Å². The molecule has 0 saturated heterocycles. The number of oxime groups is 1. The van der Waals surface area contributed by atoms with Gasteiger partial charge in [0.2, 0.25) is 0 Å². The van der Waals surface area contributed by atoms with E-state index >= 15 is 0 Å². The lowest BCUT2D eigenvalue weighted by Crippen LogP contribution is -2.53. The van der Waals surface area contributed by atoms with Crippen LogP contribution in [0.4, 0.5) is 0 Å². The maximum Gasteiger partial charge on any atom is 0.303 e. The number of carboxylic acid groups (broad SMARTS) is 1. The van der Waals surface area contributed by atoms with Crippen molar-refractivity contribution in [1.82, 2.24) is 0 Å². The molecule has 0 aromatic heterocycles. The van der Waals surface area contributed by atoms with Gasteiger partial charge in [0.25, 0.3) is 0 Å². The van der Waals surface area contributed by atoms with Crippen LogP contribution in [-0.2, 0) is 4.79 Å². The molecule has 4 rings (SSSR count). The van der Waals surface area contributed by atoms with Crippen molar-refractivity contribution >= 4 is 11.7 Å². The molecule has 0 aromatic rings. The molecule has 4 saturated carbocycles. The van der Waals surface area contributed by atoms with Crippen LogP contribution in [0.15, 0.2) is 5.16 Å². The first-order valence-corrected chi connectivity index (χ1v) is 10.3. The van der Waals surface area contributed by atoms with E-state index < -0.39 is 5.97 Å². The summed E-state index contributed by atoms with van der Waals surface area (Å²) in [6.07, 6.45) is 10.9. The Balaban J connectivity index is 1.55. The average Bonchev–Trinajstić information content (AvgIpc) is 2.91. The summed E-state index contributed by atoms with van der Waals surface area (Å²) in [5.41, 5.74) is 1.58. The van der Waals surface area contributed by atoms with E-state index in [1.165, 1.54) is 38.5 Å². The van der Waals surface area contributed by atoms with Crippen molar-refractivity contribution in [1.29, 1.82) is 0 Å². The maximum atomic E-state index is 11.1. The van der Waals surface area contributed by atoms with E-state index in [-0.39, 0.29) is 5.41 Å². The second-order valence-corrected chi connectivity index (χ2v) is 9.94. The summed E-state index contributed by atoms with van der Waals surface area (Å²) >= 11 is 0. The number of aliphatic carboxylic acids is 1. The summed E-state index contributed by atoms with van der Waals surface area (Å²) in [4.78, 5) is 11.1. The van der Waals surface area contributed by atoms with E-state index in [2.05, 4.69) is 19.0 Å². The van der Waals surface area contributed by atoms with Crippen LogP contribution in [0.25, 0.3) is 0 Å². The van der Waals surface area contributed by atoms with Crippen molar-refractivity contribution < 1.29 is 15.1 Å². The van der Waals surface area contributed by atoms with Crippen molar-refractivity contribution in [2.24, 2.45) is 45.6 Å². The molecule has 4 fully saturated rings. The van der Waals surface area contributed by atoms with Crippen molar-refractivity contribution in [3.63, 3.8) is 0 Å². The molecule has 0 spiro atoms. The van der Waals surface area contributed by atoms with Crippen LogP contribution in [-0.4, -0.2) is 22.0 Å². The first-order chi connectivity index (χ1) is 11.9. The fraction of sp³-hybridized carbons (Fsp3) is 0.905. The smallest absolute Gasteiger partial charge is 0.303 e. The van der Waals surface area contributed by atoms with Gasteiger partial charge in [0.05, 0.1) is 5.71 Å². The van der Waals surface area contributed by atoms with Gasteiger partial charge in [-0.15, -0.1) is 0 Å². The summed E-state index contributed by atoms with van der Waals surface area (Å²) in [5, 5.41) is 22.3. The van der Waals surface area contributed by atoms with E-state index in [9.17, 15) is 10.0 Å². The van der Waals surface area contributed by atoms with Crippen molar-refractivity contribution in [2.45, 2.75) is 78.1 Å². The first-order valence-electron chi connectivity index (χ1n) is 10.3. The molecule has 4 heteroatoms. The van der Waals surface area contributed by atoms with Crippen LogP contribution in [0.2, 0.25) is 0 Å². The van der Waals surface area contributed by atoms with Gasteiger partial charge in [-0.25, -0.2) is 0 Å².